The van der Waals surface area contributed by atoms with E-state index < -0.39 is 0 Å². The Labute approximate surface area is 83.8 Å². The molecule has 0 rings (SSSR count). The maximum atomic E-state index is 11.0. The Morgan fingerprint density at radius 3 is 2.62 bits per heavy atom. The van der Waals surface area contributed by atoms with Crippen LogP contribution in [0.4, 0.5) is 0 Å². The number of carbonyl (C=O) groups excluding carboxylic acids is 1. The number of hydrogen-bond donors (Lipinski definition) is 3. The molecule has 5 heteroatoms. The fraction of sp³-hybridized carbons (Fsp3) is 0.875. The third kappa shape index (κ3) is 6.86. The van der Waals surface area contributed by atoms with Crippen LogP contribution in [0, 0.1) is 5.92 Å². The Balaban J connectivity index is 3.37. The minimum atomic E-state index is -0.103. The van der Waals surface area contributed by atoms with E-state index in [1.165, 1.54) is 0 Å². The second-order valence-electron chi connectivity index (χ2n) is 3.25. The molecule has 0 heterocycles. The van der Waals surface area contributed by atoms with E-state index in [2.05, 4.69) is 5.43 Å². The van der Waals surface area contributed by atoms with E-state index in [4.69, 9.17) is 11.6 Å². The standard InChI is InChI=1S/C8H19N3OS/c1-6(8(12)11-10)5-13-4-3-7(2)9/h6-7H,3-5,9-10H2,1-2H3,(H,11,12). The van der Waals surface area contributed by atoms with Gasteiger partial charge in [0, 0.05) is 17.7 Å². The molecule has 0 aromatic rings. The molecule has 0 saturated heterocycles. The largest absolute Gasteiger partial charge is 0.328 e. The Hall–Kier alpha value is -0.260. The number of carbonyl (C=O) groups is 1. The van der Waals surface area contributed by atoms with Crippen LogP contribution in [-0.2, 0) is 4.79 Å². The predicted molar refractivity (Wildman–Crippen MR) is 57.1 cm³/mol. The van der Waals surface area contributed by atoms with Crippen LogP contribution in [0.2, 0.25) is 0 Å². The van der Waals surface area contributed by atoms with Crippen molar-refractivity contribution < 1.29 is 4.79 Å². The highest BCUT2D eigenvalue weighted by atomic mass is 32.2. The fourth-order valence-electron chi connectivity index (χ4n) is 0.747. The van der Waals surface area contributed by atoms with Crippen LogP contribution in [0.3, 0.4) is 0 Å². The molecule has 0 aromatic heterocycles. The van der Waals surface area contributed by atoms with Gasteiger partial charge in [0.25, 0.3) is 0 Å². The molecule has 0 aromatic carbocycles. The Kier molecular flexibility index (Phi) is 7.03. The zero-order chi connectivity index (χ0) is 10.3. The van der Waals surface area contributed by atoms with Gasteiger partial charge in [-0.2, -0.15) is 11.8 Å². The molecule has 0 aliphatic heterocycles. The van der Waals surface area contributed by atoms with Crippen LogP contribution >= 0.6 is 11.8 Å². The van der Waals surface area contributed by atoms with Crippen molar-refractivity contribution in [2.45, 2.75) is 26.3 Å². The summed E-state index contributed by atoms with van der Waals surface area (Å²) in [6.45, 7) is 3.84. The van der Waals surface area contributed by atoms with E-state index in [-0.39, 0.29) is 17.9 Å². The van der Waals surface area contributed by atoms with Gasteiger partial charge in [0.05, 0.1) is 0 Å². The first-order valence-electron chi connectivity index (χ1n) is 4.41. The van der Waals surface area contributed by atoms with Crippen LogP contribution in [0.5, 0.6) is 0 Å². The Bertz CT molecular complexity index is 152. The maximum absolute atomic E-state index is 11.0. The number of thioether (sulfide) groups is 1. The van der Waals surface area contributed by atoms with Crippen molar-refractivity contribution in [1.29, 1.82) is 0 Å². The van der Waals surface area contributed by atoms with Crippen LogP contribution in [0.15, 0.2) is 0 Å². The molecule has 0 fully saturated rings. The first-order valence-corrected chi connectivity index (χ1v) is 5.57. The van der Waals surface area contributed by atoms with Gasteiger partial charge in [-0.3, -0.25) is 10.2 Å². The van der Waals surface area contributed by atoms with Crippen molar-refractivity contribution in [3.8, 4) is 0 Å². The number of hydrazine groups is 1. The topological polar surface area (TPSA) is 81.1 Å². The summed E-state index contributed by atoms with van der Waals surface area (Å²) in [5, 5.41) is 0. The van der Waals surface area contributed by atoms with Crippen LogP contribution in [0.1, 0.15) is 20.3 Å². The van der Waals surface area contributed by atoms with Crippen molar-refractivity contribution in [2.75, 3.05) is 11.5 Å². The first-order chi connectivity index (χ1) is 6.07. The highest BCUT2D eigenvalue weighted by Gasteiger charge is 2.10. The molecule has 0 aliphatic rings. The van der Waals surface area contributed by atoms with Gasteiger partial charge in [0.2, 0.25) is 5.91 Å². The lowest BCUT2D eigenvalue weighted by molar-refractivity contribution is -0.123. The van der Waals surface area contributed by atoms with Crippen LogP contribution < -0.4 is 17.0 Å². The van der Waals surface area contributed by atoms with E-state index >= 15 is 0 Å². The summed E-state index contributed by atoms with van der Waals surface area (Å²) in [7, 11) is 0. The van der Waals surface area contributed by atoms with Crippen LogP contribution in [-0.4, -0.2) is 23.5 Å². The van der Waals surface area contributed by atoms with E-state index in [0.717, 1.165) is 17.9 Å². The Morgan fingerprint density at radius 2 is 2.15 bits per heavy atom. The van der Waals surface area contributed by atoms with Gasteiger partial charge in [-0.25, -0.2) is 5.84 Å². The predicted octanol–water partition coefficient (Wildman–Crippen LogP) is 0.0829. The second-order valence-corrected chi connectivity index (χ2v) is 4.40. The SMILES string of the molecule is CC(N)CCSCC(C)C(=O)NN. The summed E-state index contributed by atoms with van der Waals surface area (Å²) in [6, 6.07) is 0.242. The molecule has 5 N–H and O–H groups in total. The molecular weight excluding hydrogens is 186 g/mol. The number of nitrogens with two attached hydrogens (primary N) is 2. The van der Waals surface area contributed by atoms with Crippen molar-refractivity contribution in [2.24, 2.45) is 17.5 Å². The van der Waals surface area contributed by atoms with Gasteiger partial charge >= 0.3 is 0 Å². The average molecular weight is 205 g/mol. The first kappa shape index (κ1) is 12.7. The normalized spacial score (nSPS) is 15.1. The van der Waals surface area contributed by atoms with Crippen molar-refractivity contribution in [3.05, 3.63) is 0 Å². The number of nitrogens with one attached hydrogen (secondary N) is 1. The lowest BCUT2D eigenvalue weighted by Crippen LogP contribution is -2.35. The molecule has 0 bridgehead atoms. The summed E-state index contributed by atoms with van der Waals surface area (Å²) in [5.74, 6) is 6.67. The van der Waals surface area contributed by atoms with E-state index in [0.29, 0.717) is 0 Å². The number of rotatable bonds is 6. The van der Waals surface area contributed by atoms with Gasteiger partial charge < -0.3 is 5.73 Å². The summed E-state index contributed by atoms with van der Waals surface area (Å²) in [4.78, 5) is 11.0. The van der Waals surface area contributed by atoms with E-state index in [1.54, 1.807) is 11.8 Å². The second kappa shape index (κ2) is 7.17. The van der Waals surface area contributed by atoms with Crippen molar-refractivity contribution in [3.63, 3.8) is 0 Å². The molecule has 2 atom stereocenters. The molecule has 0 saturated carbocycles. The highest BCUT2D eigenvalue weighted by Crippen LogP contribution is 2.10. The van der Waals surface area contributed by atoms with Gasteiger partial charge in [-0.05, 0) is 19.1 Å². The molecule has 13 heavy (non-hydrogen) atoms. The summed E-state index contributed by atoms with van der Waals surface area (Å²) >= 11 is 1.74. The minimum absolute atomic E-state index is 0.0249. The van der Waals surface area contributed by atoms with Crippen molar-refractivity contribution in [1.82, 2.24) is 5.43 Å². The third-order valence-corrected chi connectivity index (χ3v) is 2.94. The molecule has 0 radical (unpaired) electrons. The molecular formula is C8H19N3OS. The zero-order valence-electron chi connectivity index (χ0n) is 8.25. The summed E-state index contributed by atoms with van der Waals surface area (Å²) in [6.07, 6.45) is 0.988. The fourth-order valence-corrected chi connectivity index (χ4v) is 1.96. The maximum Gasteiger partial charge on any atom is 0.237 e. The van der Waals surface area contributed by atoms with E-state index in [1.807, 2.05) is 13.8 Å². The Morgan fingerprint density at radius 1 is 1.54 bits per heavy atom. The molecule has 0 aliphatic carbocycles. The minimum Gasteiger partial charge on any atom is -0.328 e. The monoisotopic (exact) mass is 205 g/mol. The van der Waals surface area contributed by atoms with Crippen molar-refractivity contribution >= 4 is 17.7 Å². The van der Waals surface area contributed by atoms with Gasteiger partial charge in [0.1, 0.15) is 0 Å². The average Bonchev–Trinajstić information content (AvgIpc) is 2.10. The summed E-state index contributed by atoms with van der Waals surface area (Å²) < 4.78 is 0. The molecule has 2 unspecified atom stereocenters. The van der Waals surface area contributed by atoms with Crippen LogP contribution in [0.25, 0.3) is 0 Å². The molecule has 1 amide bonds. The molecule has 78 valence electrons. The third-order valence-electron chi connectivity index (χ3n) is 1.68. The molecule has 0 spiro atoms. The quantitative estimate of drug-likeness (QED) is 0.248. The number of hydrogen-bond acceptors (Lipinski definition) is 4. The van der Waals surface area contributed by atoms with Gasteiger partial charge in [-0.1, -0.05) is 6.92 Å². The zero-order valence-corrected chi connectivity index (χ0v) is 9.06. The van der Waals surface area contributed by atoms with Gasteiger partial charge in [-0.15, -0.1) is 0 Å². The smallest absolute Gasteiger partial charge is 0.237 e. The number of amides is 1. The lowest BCUT2D eigenvalue weighted by atomic mass is 10.2. The van der Waals surface area contributed by atoms with Gasteiger partial charge in [0.15, 0.2) is 0 Å². The lowest BCUT2D eigenvalue weighted by Gasteiger charge is -2.09. The molecule has 4 nitrogen and oxygen atoms in total. The summed E-state index contributed by atoms with van der Waals surface area (Å²) in [5.41, 5.74) is 7.72. The highest BCUT2D eigenvalue weighted by molar-refractivity contribution is 7.99. The van der Waals surface area contributed by atoms with E-state index in [9.17, 15) is 4.79 Å².